The van der Waals surface area contributed by atoms with Crippen molar-refractivity contribution in [3.05, 3.63) is 71.5 Å². The number of carbonyl (C=O) groups is 1. The number of carbonyl (C=O) groups excluding carboxylic acids is 1. The minimum Gasteiger partial charge on any atom is -0.325 e. The smallest absolute Gasteiger partial charge is 0.234 e. The van der Waals surface area contributed by atoms with E-state index in [2.05, 4.69) is 16.4 Å². The number of amides is 1. The van der Waals surface area contributed by atoms with Crippen LogP contribution in [0.3, 0.4) is 0 Å². The molecule has 0 saturated heterocycles. The summed E-state index contributed by atoms with van der Waals surface area (Å²) in [5.41, 5.74) is 2.90. The van der Waals surface area contributed by atoms with Gasteiger partial charge in [0.05, 0.1) is 5.75 Å². The minimum absolute atomic E-state index is 0.0962. The molecule has 0 aliphatic carbocycles. The molecule has 0 unspecified atom stereocenters. The van der Waals surface area contributed by atoms with Gasteiger partial charge in [-0.2, -0.15) is 0 Å². The van der Waals surface area contributed by atoms with Gasteiger partial charge in [-0.25, -0.2) is 4.98 Å². The standard InChI is InChI=1S/C18H16ClN3OS/c1-13-4-2-7-16(10-13)22-9-8-20-18(22)24-12-17(23)21-15-6-3-5-14(19)11-15/h2-11H,12H2,1H3,(H,21,23). The number of anilines is 1. The Kier molecular flexibility index (Phi) is 5.23. The molecule has 0 spiro atoms. The fourth-order valence-corrected chi connectivity index (χ4v) is 3.23. The molecule has 4 nitrogen and oxygen atoms in total. The van der Waals surface area contributed by atoms with Gasteiger partial charge in [0.15, 0.2) is 5.16 Å². The van der Waals surface area contributed by atoms with Gasteiger partial charge in [-0.15, -0.1) is 0 Å². The largest absolute Gasteiger partial charge is 0.325 e. The topological polar surface area (TPSA) is 46.9 Å². The fraction of sp³-hybridized carbons (Fsp3) is 0.111. The van der Waals surface area contributed by atoms with Gasteiger partial charge in [0.2, 0.25) is 5.91 Å². The second kappa shape index (κ2) is 7.55. The van der Waals surface area contributed by atoms with Crippen molar-refractivity contribution < 1.29 is 4.79 Å². The van der Waals surface area contributed by atoms with Crippen molar-refractivity contribution >= 4 is 35.0 Å². The SMILES string of the molecule is Cc1cccc(-n2ccnc2SCC(=O)Nc2cccc(Cl)c2)c1. The van der Waals surface area contributed by atoms with Crippen LogP contribution in [-0.2, 0) is 4.79 Å². The average Bonchev–Trinajstić information content (AvgIpc) is 3.01. The molecule has 3 aromatic rings. The number of hydrogen-bond donors (Lipinski definition) is 1. The molecule has 1 heterocycles. The van der Waals surface area contributed by atoms with Crippen LogP contribution in [0.1, 0.15) is 5.56 Å². The highest BCUT2D eigenvalue weighted by Gasteiger charge is 2.09. The van der Waals surface area contributed by atoms with E-state index in [0.717, 1.165) is 10.8 Å². The lowest BCUT2D eigenvalue weighted by atomic mass is 10.2. The van der Waals surface area contributed by atoms with Gasteiger partial charge >= 0.3 is 0 Å². The molecule has 24 heavy (non-hydrogen) atoms. The third kappa shape index (κ3) is 4.19. The second-order valence-electron chi connectivity index (χ2n) is 5.27. The van der Waals surface area contributed by atoms with Crippen LogP contribution in [0.2, 0.25) is 5.02 Å². The summed E-state index contributed by atoms with van der Waals surface area (Å²) in [4.78, 5) is 16.4. The van der Waals surface area contributed by atoms with Gasteiger partial charge < -0.3 is 5.32 Å². The molecule has 1 aromatic heterocycles. The van der Waals surface area contributed by atoms with E-state index < -0.39 is 0 Å². The third-order valence-electron chi connectivity index (χ3n) is 3.33. The quantitative estimate of drug-likeness (QED) is 0.680. The van der Waals surface area contributed by atoms with Gasteiger partial charge in [0, 0.05) is 28.8 Å². The molecule has 122 valence electrons. The first-order valence-corrected chi connectivity index (χ1v) is 8.77. The lowest BCUT2D eigenvalue weighted by Gasteiger charge is -2.09. The second-order valence-corrected chi connectivity index (χ2v) is 6.64. The van der Waals surface area contributed by atoms with Crippen LogP contribution in [0.15, 0.2) is 66.1 Å². The number of aryl methyl sites for hydroxylation is 1. The first-order valence-electron chi connectivity index (χ1n) is 7.40. The molecular formula is C18H16ClN3OS. The van der Waals surface area contributed by atoms with Gasteiger partial charge in [0.25, 0.3) is 0 Å². The van der Waals surface area contributed by atoms with Crippen LogP contribution in [0.4, 0.5) is 5.69 Å². The Hall–Kier alpha value is -2.24. The highest BCUT2D eigenvalue weighted by atomic mass is 35.5. The molecule has 6 heteroatoms. The Morgan fingerprint density at radius 2 is 2.08 bits per heavy atom. The molecule has 0 saturated carbocycles. The van der Waals surface area contributed by atoms with Crippen molar-refractivity contribution in [2.75, 3.05) is 11.1 Å². The van der Waals surface area contributed by atoms with Crippen molar-refractivity contribution in [3.8, 4) is 5.69 Å². The summed E-state index contributed by atoms with van der Waals surface area (Å²) in [6.07, 6.45) is 3.63. The van der Waals surface area contributed by atoms with Crippen molar-refractivity contribution in [2.45, 2.75) is 12.1 Å². The maximum atomic E-state index is 12.1. The summed E-state index contributed by atoms with van der Waals surface area (Å²) < 4.78 is 1.98. The summed E-state index contributed by atoms with van der Waals surface area (Å²) in [6, 6.07) is 15.2. The molecule has 0 fully saturated rings. The number of benzene rings is 2. The maximum Gasteiger partial charge on any atom is 0.234 e. The first-order chi connectivity index (χ1) is 11.6. The van der Waals surface area contributed by atoms with Gasteiger partial charge in [0.1, 0.15) is 0 Å². The van der Waals surface area contributed by atoms with E-state index in [1.54, 1.807) is 24.4 Å². The molecule has 1 N–H and O–H groups in total. The molecule has 0 aliphatic heterocycles. The summed E-state index contributed by atoms with van der Waals surface area (Å²) in [5.74, 6) is 0.177. The monoisotopic (exact) mass is 357 g/mol. The van der Waals surface area contributed by atoms with Crippen molar-refractivity contribution in [2.24, 2.45) is 0 Å². The third-order valence-corrected chi connectivity index (χ3v) is 4.53. The van der Waals surface area contributed by atoms with Crippen LogP contribution in [0.5, 0.6) is 0 Å². The predicted octanol–water partition coefficient (Wildman–Crippen LogP) is 4.56. The molecule has 0 bridgehead atoms. The lowest BCUT2D eigenvalue weighted by Crippen LogP contribution is -2.14. The van der Waals surface area contributed by atoms with Crippen LogP contribution in [-0.4, -0.2) is 21.2 Å². The number of thioether (sulfide) groups is 1. The van der Waals surface area contributed by atoms with E-state index in [4.69, 9.17) is 11.6 Å². The van der Waals surface area contributed by atoms with Gasteiger partial charge in [-0.1, -0.05) is 41.6 Å². The van der Waals surface area contributed by atoms with E-state index in [0.29, 0.717) is 10.7 Å². The number of halogens is 1. The first kappa shape index (κ1) is 16.6. The zero-order chi connectivity index (χ0) is 16.9. The van der Waals surface area contributed by atoms with Gasteiger partial charge in [-0.3, -0.25) is 9.36 Å². The predicted molar refractivity (Wildman–Crippen MR) is 99.1 cm³/mol. The van der Waals surface area contributed by atoms with Crippen molar-refractivity contribution in [1.29, 1.82) is 0 Å². The Bertz CT molecular complexity index is 863. The Morgan fingerprint density at radius 3 is 2.88 bits per heavy atom. The highest BCUT2D eigenvalue weighted by molar-refractivity contribution is 7.99. The van der Waals surface area contributed by atoms with Crippen molar-refractivity contribution in [3.63, 3.8) is 0 Å². The number of hydrogen-bond acceptors (Lipinski definition) is 3. The zero-order valence-electron chi connectivity index (χ0n) is 13.1. The Morgan fingerprint density at radius 1 is 1.25 bits per heavy atom. The lowest BCUT2D eigenvalue weighted by molar-refractivity contribution is -0.113. The van der Waals surface area contributed by atoms with E-state index in [1.165, 1.54) is 17.3 Å². The number of aromatic nitrogens is 2. The number of nitrogens with zero attached hydrogens (tertiary/aromatic N) is 2. The van der Waals surface area contributed by atoms with Crippen LogP contribution in [0, 0.1) is 6.92 Å². The summed E-state index contributed by atoms with van der Waals surface area (Å²) >= 11 is 7.31. The van der Waals surface area contributed by atoms with E-state index in [9.17, 15) is 4.79 Å². The van der Waals surface area contributed by atoms with Crippen LogP contribution in [0.25, 0.3) is 5.69 Å². The molecule has 0 atom stereocenters. The highest BCUT2D eigenvalue weighted by Crippen LogP contribution is 2.21. The molecule has 0 aliphatic rings. The summed E-state index contributed by atoms with van der Waals surface area (Å²) in [6.45, 7) is 2.05. The number of imidazole rings is 1. The Labute approximate surface area is 149 Å². The van der Waals surface area contributed by atoms with E-state index >= 15 is 0 Å². The van der Waals surface area contributed by atoms with Crippen LogP contribution >= 0.6 is 23.4 Å². The summed E-state index contributed by atoms with van der Waals surface area (Å²) in [7, 11) is 0. The zero-order valence-corrected chi connectivity index (χ0v) is 14.6. The molecule has 3 rings (SSSR count). The van der Waals surface area contributed by atoms with Crippen molar-refractivity contribution in [1.82, 2.24) is 9.55 Å². The summed E-state index contributed by atoms with van der Waals surface area (Å²) in [5, 5.41) is 4.20. The molecule has 0 radical (unpaired) electrons. The number of rotatable bonds is 5. The molecule has 2 aromatic carbocycles. The van der Waals surface area contributed by atoms with E-state index in [1.807, 2.05) is 42.0 Å². The Balaban J connectivity index is 1.65. The van der Waals surface area contributed by atoms with Gasteiger partial charge in [-0.05, 0) is 42.8 Å². The molecular weight excluding hydrogens is 342 g/mol. The molecule has 1 amide bonds. The fourth-order valence-electron chi connectivity index (χ4n) is 2.26. The van der Waals surface area contributed by atoms with Crippen LogP contribution < -0.4 is 5.32 Å². The minimum atomic E-state index is -0.0962. The van der Waals surface area contributed by atoms with E-state index in [-0.39, 0.29) is 11.7 Å². The number of nitrogens with one attached hydrogen (secondary N) is 1. The normalized spacial score (nSPS) is 10.6. The average molecular weight is 358 g/mol. The maximum absolute atomic E-state index is 12.1.